The van der Waals surface area contributed by atoms with Crippen molar-refractivity contribution in [1.29, 1.82) is 0 Å². The number of hydrogen-bond donors (Lipinski definition) is 2. The molecule has 3 N–H and O–H groups in total. The van der Waals surface area contributed by atoms with Crippen molar-refractivity contribution in [2.75, 3.05) is 5.73 Å². The van der Waals surface area contributed by atoms with Crippen LogP contribution < -0.4 is 10.5 Å². The summed E-state index contributed by atoms with van der Waals surface area (Å²) >= 11 is 5.80. The van der Waals surface area contributed by atoms with Gasteiger partial charge in [0.05, 0.1) is 5.02 Å². The van der Waals surface area contributed by atoms with Crippen molar-refractivity contribution in [3.05, 3.63) is 58.4 Å². The van der Waals surface area contributed by atoms with Gasteiger partial charge in [-0.25, -0.2) is 9.18 Å². The second kappa shape index (κ2) is 5.79. The van der Waals surface area contributed by atoms with E-state index in [-0.39, 0.29) is 22.9 Å². The highest BCUT2D eigenvalue weighted by Gasteiger charge is 2.13. The molecule has 0 saturated heterocycles. The minimum atomic E-state index is -1.15. The molecule has 0 heterocycles. The number of aromatic carboxylic acids is 1. The quantitative estimate of drug-likeness (QED) is 0.849. The fraction of sp³-hybridized carbons (Fsp3) is 0.0714. The van der Waals surface area contributed by atoms with Crippen LogP contribution in [0.1, 0.15) is 15.9 Å². The lowest BCUT2D eigenvalue weighted by Gasteiger charge is -2.11. The van der Waals surface area contributed by atoms with Crippen LogP contribution in [0.3, 0.4) is 0 Å². The third kappa shape index (κ3) is 3.00. The second-order valence-electron chi connectivity index (χ2n) is 4.06. The van der Waals surface area contributed by atoms with Crippen molar-refractivity contribution < 1.29 is 19.0 Å². The van der Waals surface area contributed by atoms with Crippen LogP contribution in [-0.2, 0) is 6.61 Å². The lowest BCUT2D eigenvalue weighted by atomic mass is 10.1. The van der Waals surface area contributed by atoms with E-state index in [1.165, 1.54) is 30.3 Å². The average Bonchev–Trinajstić information content (AvgIpc) is 2.41. The van der Waals surface area contributed by atoms with Gasteiger partial charge in [-0.05, 0) is 24.3 Å². The Morgan fingerprint density at radius 3 is 2.80 bits per heavy atom. The van der Waals surface area contributed by atoms with Crippen molar-refractivity contribution in [1.82, 2.24) is 0 Å². The number of carboxylic acid groups (broad SMARTS) is 1. The number of carbonyl (C=O) groups is 1. The molecule has 0 amide bonds. The molecule has 2 rings (SSSR count). The first-order valence-electron chi connectivity index (χ1n) is 5.67. The maximum Gasteiger partial charge on any atom is 0.339 e. The Kier molecular flexibility index (Phi) is 4.10. The Labute approximate surface area is 119 Å². The summed E-state index contributed by atoms with van der Waals surface area (Å²) in [6.07, 6.45) is 0. The molecule has 2 aromatic rings. The molecule has 0 atom stereocenters. The van der Waals surface area contributed by atoms with E-state index >= 15 is 0 Å². The Morgan fingerprint density at radius 1 is 1.35 bits per heavy atom. The molecule has 0 aliphatic carbocycles. The molecule has 0 saturated carbocycles. The first kappa shape index (κ1) is 14.1. The topological polar surface area (TPSA) is 72.5 Å². The third-order valence-corrected chi connectivity index (χ3v) is 3.07. The molecule has 2 aromatic carbocycles. The Hall–Kier alpha value is -2.27. The van der Waals surface area contributed by atoms with E-state index in [2.05, 4.69) is 0 Å². The van der Waals surface area contributed by atoms with Gasteiger partial charge in [-0.2, -0.15) is 0 Å². The molecule has 20 heavy (non-hydrogen) atoms. The van der Waals surface area contributed by atoms with Crippen LogP contribution in [0, 0.1) is 5.82 Å². The minimum absolute atomic E-state index is 0.0409. The number of anilines is 1. The number of halogens is 2. The highest BCUT2D eigenvalue weighted by atomic mass is 35.5. The zero-order chi connectivity index (χ0) is 14.7. The van der Waals surface area contributed by atoms with Gasteiger partial charge in [0.25, 0.3) is 0 Å². The summed E-state index contributed by atoms with van der Waals surface area (Å²) in [7, 11) is 0. The summed E-state index contributed by atoms with van der Waals surface area (Å²) in [4.78, 5) is 11.1. The molecule has 4 nitrogen and oxygen atoms in total. The number of nitrogen functional groups attached to an aromatic ring is 1. The van der Waals surface area contributed by atoms with Crippen molar-refractivity contribution in [2.45, 2.75) is 6.61 Å². The number of carboxylic acids is 1. The molecule has 0 unspecified atom stereocenters. The summed E-state index contributed by atoms with van der Waals surface area (Å²) in [5.74, 6) is -1.56. The highest BCUT2D eigenvalue weighted by Crippen LogP contribution is 2.25. The standard InChI is InChI=1S/C14H11ClFNO3/c15-13-8(2-1-3-11(13)16)7-20-12-5-4-9(17)6-10(12)14(18)19/h1-6H,7,17H2,(H,18,19). The smallest absolute Gasteiger partial charge is 0.339 e. The largest absolute Gasteiger partial charge is 0.488 e. The first-order chi connectivity index (χ1) is 9.49. The van der Waals surface area contributed by atoms with E-state index in [0.717, 1.165) is 0 Å². The van der Waals surface area contributed by atoms with Gasteiger partial charge in [0, 0.05) is 11.3 Å². The van der Waals surface area contributed by atoms with E-state index in [1.807, 2.05) is 0 Å². The molecule has 6 heteroatoms. The molecule has 0 fully saturated rings. The number of nitrogens with two attached hydrogens (primary N) is 1. The van der Waals surface area contributed by atoms with Gasteiger partial charge in [-0.3, -0.25) is 0 Å². The molecule has 0 bridgehead atoms. The van der Waals surface area contributed by atoms with Crippen molar-refractivity contribution >= 4 is 23.3 Å². The number of hydrogen-bond acceptors (Lipinski definition) is 3. The normalized spacial score (nSPS) is 10.3. The summed E-state index contributed by atoms with van der Waals surface area (Å²) in [6, 6.07) is 8.60. The molecule has 0 radical (unpaired) electrons. The Balaban J connectivity index is 2.23. The van der Waals surface area contributed by atoms with Crippen LogP contribution in [0.4, 0.5) is 10.1 Å². The zero-order valence-electron chi connectivity index (χ0n) is 10.3. The van der Waals surface area contributed by atoms with Crippen LogP contribution in [0.2, 0.25) is 5.02 Å². The van der Waals surface area contributed by atoms with Gasteiger partial charge in [0.2, 0.25) is 0 Å². The lowest BCUT2D eigenvalue weighted by Crippen LogP contribution is -2.05. The average molecular weight is 296 g/mol. The maximum atomic E-state index is 13.3. The summed E-state index contributed by atoms with van der Waals surface area (Å²) in [5.41, 5.74) is 6.22. The van der Waals surface area contributed by atoms with Crippen LogP contribution in [0.5, 0.6) is 5.75 Å². The second-order valence-corrected chi connectivity index (χ2v) is 4.44. The number of rotatable bonds is 4. The highest BCUT2D eigenvalue weighted by molar-refractivity contribution is 6.31. The van der Waals surface area contributed by atoms with Gasteiger partial charge in [0.15, 0.2) is 0 Å². The molecule has 0 aromatic heterocycles. The molecule has 0 spiro atoms. The van der Waals surface area contributed by atoms with Crippen LogP contribution in [0.25, 0.3) is 0 Å². The van der Waals surface area contributed by atoms with Crippen LogP contribution >= 0.6 is 11.6 Å². The maximum absolute atomic E-state index is 13.3. The lowest BCUT2D eigenvalue weighted by molar-refractivity contribution is 0.0692. The van der Waals surface area contributed by atoms with Crippen molar-refractivity contribution in [2.24, 2.45) is 0 Å². The molecule has 0 aliphatic heterocycles. The minimum Gasteiger partial charge on any atom is -0.488 e. The van der Waals surface area contributed by atoms with E-state index in [0.29, 0.717) is 11.3 Å². The van der Waals surface area contributed by atoms with Crippen molar-refractivity contribution in [3.63, 3.8) is 0 Å². The predicted octanol–water partition coefficient (Wildman–Crippen LogP) is 3.34. The molecule has 0 aliphatic rings. The van der Waals surface area contributed by atoms with Crippen LogP contribution in [-0.4, -0.2) is 11.1 Å². The third-order valence-electron chi connectivity index (χ3n) is 2.65. The van der Waals surface area contributed by atoms with Gasteiger partial charge < -0.3 is 15.6 Å². The molecule has 104 valence electrons. The van der Waals surface area contributed by atoms with E-state index in [1.54, 1.807) is 6.07 Å². The molecular weight excluding hydrogens is 285 g/mol. The fourth-order valence-electron chi connectivity index (χ4n) is 1.66. The van der Waals surface area contributed by atoms with Gasteiger partial charge in [0.1, 0.15) is 23.7 Å². The Morgan fingerprint density at radius 2 is 2.10 bits per heavy atom. The van der Waals surface area contributed by atoms with Gasteiger partial charge in [-0.1, -0.05) is 23.7 Å². The first-order valence-corrected chi connectivity index (χ1v) is 6.05. The SMILES string of the molecule is Nc1ccc(OCc2cccc(F)c2Cl)c(C(=O)O)c1. The van der Waals surface area contributed by atoms with E-state index in [9.17, 15) is 9.18 Å². The van der Waals surface area contributed by atoms with Crippen LogP contribution in [0.15, 0.2) is 36.4 Å². The van der Waals surface area contributed by atoms with Gasteiger partial charge >= 0.3 is 5.97 Å². The van der Waals surface area contributed by atoms with Crippen molar-refractivity contribution in [3.8, 4) is 5.75 Å². The Bertz CT molecular complexity index is 661. The summed E-state index contributed by atoms with van der Waals surface area (Å²) in [5, 5.41) is 9.02. The summed E-state index contributed by atoms with van der Waals surface area (Å²) in [6.45, 7) is -0.0409. The monoisotopic (exact) mass is 295 g/mol. The zero-order valence-corrected chi connectivity index (χ0v) is 11.0. The van der Waals surface area contributed by atoms with E-state index in [4.69, 9.17) is 27.2 Å². The summed E-state index contributed by atoms with van der Waals surface area (Å²) < 4.78 is 18.7. The molecular formula is C14H11ClFNO3. The predicted molar refractivity (Wildman–Crippen MR) is 73.6 cm³/mol. The number of ether oxygens (including phenoxy) is 1. The number of benzene rings is 2. The van der Waals surface area contributed by atoms with Gasteiger partial charge in [-0.15, -0.1) is 0 Å². The van der Waals surface area contributed by atoms with E-state index < -0.39 is 11.8 Å². The fourth-order valence-corrected chi connectivity index (χ4v) is 1.84.